The second-order valence-corrected chi connectivity index (χ2v) is 9.42. The predicted molar refractivity (Wildman–Crippen MR) is 122 cm³/mol. The van der Waals surface area contributed by atoms with Gasteiger partial charge in [-0.3, -0.25) is 14.2 Å². The summed E-state index contributed by atoms with van der Waals surface area (Å²) in [4.78, 5) is 32.7. The van der Waals surface area contributed by atoms with Crippen LogP contribution < -0.4 is 10.9 Å². The van der Waals surface area contributed by atoms with Gasteiger partial charge in [0.15, 0.2) is 5.16 Å². The molecule has 8 heteroatoms. The van der Waals surface area contributed by atoms with Crippen LogP contribution in [0.15, 0.2) is 34.2 Å². The third-order valence-electron chi connectivity index (χ3n) is 5.21. The Hall–Kier alpha value is -2.16. The van der Waals surface area contributed by atoms with E-state index in [1.54, 1.807) is 23.0 Å². The zero-order valence-corrected chi connectivity index (χ0v) is 18.8. The number of thioether (sulfide) groups is 1. The molecule has 1 aliphatic rings. The number of nitrogens with one attached hydrogen (secondary N) is 1. The molecule has 6 nitrogen and oxygen atoms in total. The van der Waals surface area contributed by atoms with Gasteiger partial charge in [0.1, 0.15) is 4.83 Å². The topological polar surface area (TPSA) is 73.2 Å². The lowest BCUT2D eigenvalue weighted by Gasteiger charge is -2.14. The fourth-order valence-corrected chi connectivity index (χ4v) is 5.82. The van der Waals surface area contributed by atoms with E-state index in [4.69, 9.17) is 9.72 Å². The Morgan fingerprint density at radius 2 is 2.03 bits per heavy atom. The number of carbonyl (C=O) groups is 1. The minimum Gasteiger partial charge on any atom is -0.383 e. The molecule has 0 saturated carbocycles. The number of rotatable bonds is 7. The molecule has 0 bridgehead atoms. The molecule has 0 fully saturated rings. The number of hydrogen-bond acceptors (Lipinski definition) is 6. The lowest BCUT2D eigenvalue weighted by molar-refractivity contribution is -0.118. The van der Waals surface area contributed by atoms with Crippen LogP contribution in [0.4, 0.5) is 0 Å². The maximum Gasteiger partial charge on any atom is 0.267 e. The van der Waals surface area contributed by atoms with Gasteiger partial charge in [0.25, 0.3) is 5.56 Å². The molecule has 1 amide bonds. The summed E-state index contributed by atoms with van der Waals surface area (Å²) in [6.07, 6.45) is 4.23. The Kier molecular flexibility index (Phi) is 6.55. The molecule has 0 radical (unpaired) electrons. The van der Waals surface area contributed by atoms with Gasteiger partial charge in [-0.05, 0) is 50.3 Å². The van der Waals surface area contributed by atoms with Gasteiger partial charge < -0.3 is 10.1 Å². The molecule has 0 aliphatic heterocycles. The van der Waals surface area contributed by atoms with E-state index < -0.39 is 0 Å². The molecule has 0 spiro atoms. The second-order valence-electron chi connectivity index (χ2n) is 7.39. The standard InChI is InChI=1S/C22H25N3O3S2/c1-14-7-9-15(10-8-14)25-21(27)19-16-5-3-4-6-17(16)30-20(19)24-22(25)29-13-18(26)23-11-12-28-2/h7-10H,3-6,11-13H2,1-2H3,(H,23,26). The second kappa shape index (κ2) is 9.32. The summed E-state index contributed by atoms with van der Waals surface area (Å²) in [5, 5.41) is 4.12. The number of carbonyl (C=O) groups excluding carboxylic acids is 1. The number of nitrogens with zero attached hydrogens (tertiary/aromatic N) is 2. The molecule has 158 valence electrons. The number of ether oxygens (including phenoxy) is 1. The molecule has 2 aromatic heterocycles. The summed E-state index contributed by atoms with van der Waals surface area (Å²) < 4.78 is 6.63. The van der Waals surface area contributed by atoms with E-state index in [0.717, 1.165) is 47.2 Å². The zero-order valence-electron chi connectivity index (χ0n) is 17.2. The fraction of sp³-hybridized carbons (Fsp3) is 0.409. The number of benzene rings is 1. The summed E-state index contributed by atoms with van der Waals surface area (Å²) >= 11 is 2.92. The van der Waals surface area contributed by atoms with E-state index in [-0.39, 0.29) is 17.2 Å². The number of thiophene rings is 1. The van der Waals surface area contributed by atoms with Crippen LogP contribution in [0.5, 0.6) is 0 Å². The third kappa shape index (κ3) is 4.31. The number of fused-ring (bicyclic) bond motifs is 3. The minimum atomic E-state index is -0.104. The van der Waals surface area contributed by atoms with Gasteiger partial charge in [-0.1, -0.05) is 29.5 Å². The van der Waals surface area contributed by atoms with Gasteiger partial charge in [0, 0.05) is 18.5 Å². The normalized spacial score (nSPS) is 13.4. The Morgan fingerprint density at radius 3 is 2.80 bits per heavy atom. The molecule has 1 aromatic carbocycles. The van der Waals surface area contributed by atoms with E-state index in [2.05, 4.69) is 5.32 Å². The highest BCUT2D eigenvalue weighted by atomic mass is 32.2. The quantitative estimate of drug-likeness (QED) is 0.344. The number of aromatic nitrogens is 2. The van der Waals surface area contributed by atoms with Crippen molar-refractivity contribution in [2.24, 2.45) is 0 Å². The summed E-state index contributed by atoms with van der Waals surface area (Å²) in [5.41, 5.74) is 3.04. The first-order chi connectivity index (χ1) is 14.6. The Labute approximate surface area is 183 Å². The lowest BCUT2D eigenvalue weighted by Crippen LogP contribution is -2.29. The molecule has 4 rings (SSSR count). The van der Waals surface area contributed by atoms with E-state index in [0.29, 0.717) is 18.3 Å². The minimum absolute atomic E-state index is 0.0365. The van der Waals surface area contributed by atoms with Gasteiger partial charge in [0.2, 0.25) is 5.91 Å². The van der Waals surface area contributed by atoms with Crippen LogP contribution >= 0.6 is 23.1 Å². The van der Waals surface area contributed by atoms with E-state index in [1.165, 1.54) is 22.2 Å². The van der Waals surface area contributed by atoms with Crippen molar-refractivity contribution in [1.29, 1.82) is 0 Å². The van der Waals surface area contributed by atoms with Crippen LogP contribution in [0.3, 0.4) is 0 Å². The van der Waals surface area contributed by atoms with Crippen LogP contribution in [-0.4, -0.2) is 41.5 Å². The highest BCUT2D eigenvalue weighted by Crippen LogP contribution is 2.35. The van der Waals surface area contributed by atoms with Crippen molar-refractivity contribution in [2.45, 2.75) is 37.8 Å². The van der Waals surface area contributed by atoms with Gasteiger partial charge in [0.05, 0.1) is 23.4 Å². The van der Waals surface area contributed by atoms with Crippen LogP contribution in [0.1, 0.15) is 28.8 Å². The number of methoxy groups -OCH3 is 1. The first-order valence-corrected chi connectivity index (χ1v) is 11.9. The summed E-state index contributed by atoms with van der Waals surface area (Å²) in [6.45, 7) is 2.95. The van der Waals surface area contributed by atoms with Crippen LogP contribution in [0.2, 0.25) is 0 Å². The monoisotopic (exact) mass is 443 g/mol. The molecular formula is C22H25N3O3S2. The van der Waals surface area contributed by atoms with Crippen LogP contribution in [0.25, 0.3) is 15.9 Å². The average Bonchev–Trinajstić information content (AvgIpc) is 3.12. The van der Waals surface area contributed by atoms with Gasteiger partial charge in [-0.15, -0.1) is 11.3 Å². The molecular weight excluding hydrogens is 418 g/mol. The van der Waals surface area contributed by atoms with Crippen molar-refractivity contribution in [2.75, 3.05) is 26.0 Å². The highest BCUT2D eigenvalue weighted by molar-refractivity contribution is 7.99. The van der Waals surface area contributed by atoms with Crippen LogP contribution in [-0.2, 0) is 22.4 Å². The number of amides is 1. The van der Waals surface area contributed by atoms with Gasteiger partial charge >= 0.3 is 0 Å². The predicted octanol–water partition coefficient (Wildman–Crippen LogP) is 3.49. The molecule has 3 aromatic rings. The Bertz CT molecular complexity index is 1120. The van der Waals surface area contributed by atoms with Crippen molar-refractivity contribution < 1.29 is 9.53 Å². The lowest BCUT2D eigenvalue weighted by atomic mass is 9.97. The maximum absolute atomic E-state index is 13.6. The average molecular weight is 444 g/mol. The summed E-state index contributed by atoms with van der Waals surface area (Å²) in [6, 6.07) is 7.85. The van der Waals surface area contributed by atoms with Crippen molar-refractivity contribution in [1.82, 2.24) is 14.9 Å². The SMILES string of the molecule is COCCNC(=O)CSc1nc2sc3c(c2c(=O)n1-c1ccc(C)cc1)CCCC3. The summed E-state index contributed by atoms with van der Waals surface area (Å²) in [7, 11) is 1.60. The van der Waals surface area contributed by atoms with Crippen molar-refractivity contribution in [3.63, 3.8) is 0 Å². The van der Waals surface area contributed by atoms with Crippen LogP contribution in [0, 0.1) is 6.92 Å². The molecule has 30 heavy (non-hydrogen) atoms. The maximum atomic E-state index is 13.6. The summed E-state index contributed by atoms with van der Waals surface area (Å²) in [5.74, 6) is 0.0887. The number of aryl methyl sites for hydroxylation is 3. The van der Waals surface area contributed by atoms with Gasteiger partial charge in [-0.2, -0.15) is 0 Å². The first kappa shape index (κ1) is 21.1. The zero-order chi connectivity index (χ0) is 21.1. The van der Waals surface area contributed by atoms with Crippen molar-refractivity contribution in [3.8, 4) is 5.69 Å². The molecule has 2 heterocycles. The Morgan fingerprint density at radius 1 is 1.27 bits per heavy atom. The Balaban J connectivity index is 1.75. The third-order valence-corrected chi connectivity index (χ3v) is 7.34. The van der Waals surface area contributed by atoms with E-state index in [9.17, 15) is 9.59 Å². The highest BCUT2D eigenvalue weighted by Gasteiger charge is 2.23. The first-order valence-electron chi connectivity index (χ1n) is 10.1. The smallest absolute Gasteiger partial charge is 0.267 e. The molecule has 0 atom stereocenters. The van der Waals surface area contributed by atoms with Crippen molar-refractivity contribution >= 4 is 39.2 Å². The molecule has 0 unspecified atom stereocenters. The van der Waals surface area contributed by atoms with E-state index in [1.807, 2.05) is 31.2 Å². The molecule has 0 saturated heterocycles. The molecule has 1 aliphatic carbocycles. The van der Waals surface area contributed by atoms with Gasteiger partial charge in [-0.25, -0.2) is 4.98 Å². The van der Waals surface area contributed by atoms with E-state index >= 15 is 0 Å². The van der Waals surface area contributed by atoms with Crippen molar-refractivity contribution in [3.05, 3.63) is 50.6 Å². The number of hydrogen-bond donors (Lipinski definition) is 1. The molecule has 1 N–H and O–H groups in total. The largest absolute Gasteiger partial charge is 0.383 e. The fourth-order valence-electron chi connectivity index (χ4n) is 3.68.